The summed E-state index contributed by atoms with van der Waals surface area (Å²) >= 11 is 11.7. The second-order valence-corrected chi connectivity index (χ2v) is 13.5. The molecule has 0 heterocycles. The number of hydrogen-bond acceptors (Lipinski definition) is 4. The van der Waals surface area contributed by atoms with E-state index >= 15 is 0 Å². The molecule has 1 amide bonds. The minimum Gasteiger partial charge on any atom is -0.446 e. The fourth-order valence-corrected chi connectivity index (χ4v) is 9.42. The summed E-state index contributed by atoms with van der Waals surface area (Å²) < 4.78 is 22.8. The molecule has 0 aromatic carbocycles. The van der Waals surface area contributed by atoms with Crippen LogP contribution < -0.4 is 0 Å². The van der Waals surface area contributed by atoms with Crippen LogP contribution in [0.4, 0.5) is 4.79 Å². The average molecular weight is 540 g/mol. The lowest BCUT2D eigenvalue weighted by Gasteiger charge is -2.60. The van der Waals surface area contributed by atoms with Crippen molar-refractivity contribution in [3.05, 3.63) is 0 Å². The highest BCUT2D eigenvalue weighted by molar-refractivity contribution is 7.46. The third-order valence-corrected chi connectivity index (χ3v) is 10.9. The Morgan fingerprint density at radius 2 is 1.62 bits per heavy atom. The molecule has 7 nitrogen and oxygen atoms in total. The van der Waals surface area contributed by atoms with Gasteiger partial charge in [0.15, 0.2) is 0 Å². The first kappa shape index (κ1) is 27.0. The van der Waals surface area contributed by atoms with Gasteiger partial charge in [-0.25, -0.2) is 9.36 Å². The Balaban J connectivity index is 1.41. The fourth-order valence-electron chi connectivity index (χ4n) is 8.33. The maximum absolute atomic E-state index is 12.7. The maximum atomic E-state index is 12.7. The van der Waals surface area contributed by atoms with Crippen molar-refractivity contribution in [3.63, 3.8) is 0 Å². The Labute approximate surface area is 213 Å². The van der Waals surface area contributed by atoms with Crippen molar-refractivity contribution in [1.82, 2.24) is 4.90 Å². The van der Waals surface area contributed by atoms with Crippen LogP contribution in [0.5, 0.6) is 0 Å². The molecule has 0 spiro atoms. The van der Waals surface area contributed by atoms with Gasteiger partial charge in [0.05, 0.1) is 6.10 Å². The minimum absolute atomic E-state index is 0.0587. The van der Waals surface area contributed by atoms with Crippen LogP contribution in [0.1, 0.15) is 71.6 Å². The molecule has 4 rings (SSSR count). The highest BCUT2D eigenvalue weighted by atomic mass is 35.5. The summed E-state index contributed by atoms with van der Waals surface area (Å²) in [5.74, 6) is 2.89. The first-order valence-electron chi connectivity index (χ1n) is 12.8. The Morgan fingerprint density at radius 3 is 2.26 bits per heavy atom. The Hall–Kier alpha value is -0.0400. The van der Waals surface area contributed by atoms with E-state index in [1.54, 1.807) is 4.90 Å². The van der Waals surface area contributed by atoms with Crippen LogP contribution in [0.15, 0.2) is 0 Å². The third-order valence-electron chi connectivity index (χ3n) is 10.0. The SMILES string of the molecule is C[C@]12CC[C@@H](OC(=O)N(CCCl)CCCl)C[C@@H]1CC[C@@H]1[C@@H]2CC[C@]2(C)[C@@H](OP(=O)(O)O)CC[C@@H]12. The van der Waals surface area contributed by atoms with Crippen molar-refractivity contribution in [2.24, 2.45) is 34.5 Å². The molecule has 34 heavy (non-hydrogen) atoms. The van der Waals surface area contributed by atoms with Crippen molar-refractivity contribution in [2.75, 3.05) is 24.8 Å². The largest absolute Gasteiger partial charge is 0.469 e. The lowest BCUT2D eigenvalue weighted by atomic mass is 9.45. The molecule has 4 saturated carbocycles. The molecule has 4 aliphatic carbocycles. The minimum atomic E-state index is -4.49. The van der Waals surface area contributed by atoms with E-state index in [4.69, 9.17) is 32.5 Å². The number of phosphoric acid groups is 1. The summed E-state index contributed by atoms with van der Waals surface area (Å²) in [6.45, 7) is 5.52. The van der Waals surface area contributed by atoms with E-state index < -0.39 is 7.82 Å². The van der Waals surface area contributed by atoms with Gasteiger partial charge in [0.25, 0.3) is 0 Å². The molecule has 0 bridgehead atoms. The molecule has 0 aromatic rings. The topological polar surface area (TPSA) is 96.3 Å². The van der Waals surface area contributed by atoms with Gasteiger partial charge >= 0.3 is 13.9 Å². The Kier molecular flexibility index (Phi) is 8.24. The zero-order chi connectivity index (χ0) is 24.7. The van der Waals surface area contributed by atoms with Gasteiger partial charge in [-0.15, -0.1) is 23.2 Å². The highest BCUT2D eigenvalue weighted by Gasteiger charge is 2.61. The van der Waals surface area contributed by atoms with Gasteiger partial charge < -0.3 is 19.4 Å². The van der Waals surface area contributed by atoms with Crippen molar-refractivity contribution >= 4 is 37.1 Å². The van der Waals surface area contributed by atoms with Crippen LogP contribution in [-0.4, -0.2) is 57.8 Å². The first-order valence-corrected chi connectivity index (χ1v) is 15.4. The number of phosphoric ester groups is 1. The van der Waals surface area contributed by atoms with Crippen LogP contribution in [0.3, 0.4) is 0 Å². The average Bonchev–Trinajstić information content (AvgIpc) is 3.08. The van der Waals surface area contributed by atoms with Crippen LogP contribution in [-0.2, 0) is 13.8 Å². The smallest absolute Gasteiger partial charge is 0.446 e. The number of halogens is 2. The Morgan fingerprint density at radius 1 is 0.971 bits per heavy atom. The number of fused-ring (bicyclic) bond motifs is 5. The normalized spacial score (nSPS) is 41.8. The molecule has 8 atom stereocenters. The lowest BCUT2D eigenvalue weighted by Crippen LogP contribution is -2.55. The first-order chi connectivity index (χ1) is 16.0. The molecule has 0 unspecified atom stereocenters. The van der Waals surface area contributed by atoms with Crippen LogP contribution in [0, 0.1) is 34.5 Å². The number of rotatable bonds is 7. The van der Waals surface area contributed by atoms with Crippen molar-refractivity contribution in [1.29, 1.82) is 0 Å². The molecule has 4 aliphatic rings. The molecule has 0 radical (unpaired) electrons. The van der Waals surface area contributed by atoms with E-state index in [9.17, 15) is 19.1 Å². The number of hydrogen-bond donors (Lipinski definition) is 2. The summed E-state index contributed by atoms with van der Waals surface area (Å²) in [7, 11) is -4.49. The van der Waals surface area contributed by atoms with Gasteiger partial charge in [-0.05, 0) is 92.3 Å². The Bertz CT molecular complexity index is 791. The molecule has 2 N–H and O–H groups in total. The van der Waals surface area contributed by atoms with Crippen molar-refractivity contribution in [3.8, 4) is 0 Å². The van der Waals surface area contributed by atoms with E-state index in [0.29, 0.717) is 48.5 Å². The number of amides is 1. The van der Waals surface area contributed by atoms with E-state index in [1.165, 1.54) is 0 Å². The summed E-state index contributed by atoms with van der Waals surface area (Å²) in [6, 6.07) is 0. The van der Waals surface area contributed by atoms with Gasteiger partial charge in [0.2, 0.25) is 0 Å². The monoisotopic (exact) mass is 539 g/mol. The maximum Gasteiger partial charge on any atom is 0.469 e. The van der Waals surface area contributed by atoms with Gasteiger partial charge in [0.1, 0.15) is 6.10 Å². The molecule has 0 aromatic heterocycles. The zero-order valence-corrected chi connectivity index (χ0v) is 22.7. The van der Waals surface area contributed by atoms with E-state index in [0.717, 1.165) is 57.8 Å². The van der Waals surface area contributed by atoms with Gasteiger partial charge in [-0.2, -0.15) is 0 Å². The molecular weight excluding hydrogens is 500 g/mol. The van der Waals surface area contributed by atoms with E-state index in [2.05, 4.69) is 13.8 Å². The van der Waals surface area contributed by atoms with Gasteiger partial charge in [0, 0.05) is 24.8 Å². The lowest BCUT2D eigenvalue weighted by molar-refractivity contribution is -0.134. The number of ether oxygens (including phenoxy) is 1. The number of carbonyl (C=O) groups excluding carboxylic acids is 1. The van der Waals surface area contributed by atoms with Gasteiger partial charge in [-0.3, -0.25) is 4.52 Å². The van der Waals surface area contributed by atoms with Crippen LogP contribution in [0.25, 0.3) is 0 Å². The number of alkyl halides is 2. The summed E-state index contributed by atoms with van der Waals surface area (Å²) in [4.78, 5) is 33.1. The second-order valence-electron chi connectivity index (χ2n) is 11.5. The molecule has 196 valence electrons. The fraction of sp³-hybridized carbons (Fsp3) is 0.958. The van der Waals surface area contributed by atoms with E-state index in [-0.39, 0.29) is 29.1 Å². The van der Waals surface area contributed by atoms with Crippen LogP contribution >= 0.6 is 31.0 Å². The van der Waals surface area contributed by atoms with Gasteiger partial charge in [-0.1, -0.05) is 13.8 Å². The molecule has 4 fully saturated rings. The second kappa shape index (κ2) is 10.4. The van der Waals surface area contributed by atoms with Crippen LogP contribution in [0.2, 0.25) is 0 Å². The number of carbonyl (C=O) groups is 1. The summed E-state index contributed by atoms with van der Waals surface area (Å²) in [5, 5.41) is 0. The summed E-state index contributed by atoms with van der Waals surface area (Å²) in [5.41, 5.74) is 0.0633. The molecule has 0 saturated heterocycles. The third kappa shape index (κ3) is 5.17. The quantitative estimate of drug-likeness (QED) is 0.314. The van der Waals surface area contributed by atoms with Crippen molar-refractivity contribution < 1.29 is 28.4 Å². The standard InChI is InChI=1S/C24H40Cl2NO6P/c1-23-9-7-17(32-22(28)27(13-11-25)14-12-26)15-16(23)3-4-18-19-5-6-21(33-34(29,30)31)24(19,2)10-8-20(18)23/h16-21H,3-15H2,1-2H3,(H2,29,30,31)/t16-,17+,18-,19-,20-,21-,23-,24-/m0/s1. The molecule has 0 aliphatic heterocycles. The summed E-state index contributed by atoms with van der Waals surface area (Å²) in [6.07, 6.45) is 8.12. The van der Waals surface area contributed by atoms with Crippen molar-refractivity contribution in [2.45, 2.75) is 83.8 Å². The van der Waals surface area contributed by atoms with E-state index in [1.807, 2.05) is 0 Å². The molecular formula is C24H40Cl2NO6P. The number of nitrogens with zero attached hydrogens (tertiary/aromatic N) is 1. The highest BCUT2D eigenvalue weighted by Crippen LogP contribution is 2.67. The predicted molar refractivity (Wildman–Crippen MR) is 132 cm³/mol. The zero-order valence-electron chi connectivity index (χ0n) is 20.3. The predicted octanol–water partition coefficient (Wildman–Crippen LogP) is 5.79. The molecule has 10 heteroatoms.